The predicted octanol–water partition coefficient (Wildman–Crippen LogP) is 4.58. The van der Waals surface area contributed by atoms with Crippen molar-refractivity contribution in [2.45, 2.75) is 62.8 Å². The highest BCUT2D eigenvalue weighted by Crippen LogP contribution is 2.50. The third kappa shape index (κ3) is 4.66. The minimum Gasteiger partial charge on any atom is -0.380 e. The van der Waals surface area contributed by atoms with E-state index in [1.54, 1.807) is 18.5 Å². The second kappa shape index (κ2) is 9.81. The van der Waals surface area contributed by atoms with Crippen LogP contribution in [0.1, 0.15) is 67.3 Å². The first-order valence-electron chi connectivity index (χ1n) is 12.6. The van der Waals surface area contributed by atoms with Crippen molar-refractivity contribution in [3.8, 4) is 11.4 Å². The Kier molecular flexibility index (Phi) is 6.84. The van der Waals surface area contributed by atoms with Crippen LogP contribution >= 0.6 is 0 Å². The third-order valence-corrected chi connectivity index (χ3v) is 7.96. The monoisotopic (exact) mass is 515 g/mol. The summed E-state index contributed by atoms with van der Waals surface area (Å²) >= 11 is 0. The Hall–Kier alpha value is -2.82. The first kappa shape index (κ1) is 25.8. The van der Waals surface area contributed by atoms with Gasteiger partial charge in [0.1, 0.15) is 5.60 Å². The van der Waals surface area contributed by atoms with Crippen molar-refractivity contribution in [1.82, 2.24) is 20.0 Å². The van der Waals surface area contributed by atoms with Gasteiger partial charge < -0.3 is 20.3 Å². The molecule has 1 saturated heterocycles. The summed E-state index contributed by atoms with van der Waals surface area (Å²) in [5.74, 6) is 1.13. The molecule has 5 rings (SSSR count). The van der Waals surface area contributed by atoms with Gasteiger partial charge in [-0.25, -0.2) is 13.2 Å². The molecule has 2 aromatic heterocycles. The van der Waals surface area contributed by atoms with E-state index in [0.29, 0.717) is 41.5 Å². The summed E-state index contributed by atoms with van der Waals surface area (Å²) in [6.07, 6.45) is 1.32. The molecule has 0 amide bonds. The SMILES string of the molecule is CN1CC(C)(C(O)(c2ccc(C(F)C(F)F)cc2)c2cncc(-c3noc(C4CCC(N)CC4)n3)c2)C1. The van der Waals surface area contributed by atoms with E-state index in [1.165, 1.54) is 24.3 Å². The average Bonchev–Trinajstić information content (AvgIpc) is 3.38. The zero-order valence-corrected chi connectivity index (χ0v) is 20.9. The van der Waals surface area contributed by atoms with Crippen molar-refractivity contribution in [2.24, 2.45) is 11.1 Å². The molecule has 2 fully saturated rings. The lowest BCUT2D eigenvalue weighted by Gasteiger charge is -2.55. The van der Waals surface area contributed by atoms with Gasteiger partial charge in [0.15, 0.2) is 6.17 Å². The van der Waals surface area contributed by atoms with Crippen LogP contribution in [0.25, 0.3) is 11.4 Å². The van der Waals surface area contributed by atoms with Crippen LogP contribution in [0.15, 0.2) is 47.2 Å². The van der Waals surface area contributed by atoms with Crippen LogP contribution in [-0.4, -0.2) is 57.7 Å². The fourth-order valence-electron chi connectivity index (χ4n) is 5.94. The third-order valence-electron chi connectivity index (χ3n) is 7.96. The maximum atomic E-state index is 13.9. The van der Waals surface area contributed by atoms with Crippen molar-refractivity contribution in [3.63, 3.8) is 0 Å². The molecule has 3 N–H and O–H groups in total. The molecule has 1 saturated carbocycles. The van der Waals surface area contributed by atoms with Crippen molar-refractivity contribution >= 4 is 0 Å². The number of rotatable bonds is 7. The molecule has 3 aromatic rings. The number of likely N-dealkylation sites (tertiary alicyclic amines) is 1. The van der Waals surface area contributed by atoms with Crippen molar-refractivity contribution in [3.05, 3.63) is 65.3 Å². The van der Waals surface area contributed by atoms with Gasteiger partial charge in [0, 0.05) is 54.0 Å². The highest BCUT2D eigenvalue weighted by molar-refractivity contribution is 5.56. The molecule has 1 aromatic carbocycles. The van der Waals surface area contributed by atoms with Crippen molar-refractivity contribution in [2.75, 3.05) is 20.1 Å². The first-order chi connectivity index (χ1) is 17.6. The molecule has 1 aliphatic heterocycles. The number of halogens is 3. The molecule has 1 aliphatic carbocycles. The predicted molar refractivity (Wildman–Crippen MR) is 132 cm³/mol. The minimum atomic E-state index is -3.12. The lowest BCUT2D eigenvalue weighted by Crippen LogP contribution is -2.63. The van der Waals surface area contributed by atoms with E-state index in [9.17, 15) is 18.3 Å². The van der Waals surface area contributed by atoms with E-state index in [4.69, 9.17) is 10.3 Å². The molecular formula is C27H32F3N5O2. The van der Waals surface area contributed by atoms with Gasteiger partial charge in [0.05, 0.1) is 0 Å². The molecule has 2 atom stereocenters. The number of aliphatic hydroxyl groups is 1. The van der Waals surface area contributed by atoms with Gasteiger partial charge in [0.25, 0.3) is 6.43 Å². The zero-order valence-electron chi connectivity index (χ0n) is 20.9. The molecule has 10 heteroatoms. The van der Waals surface area contributed by atoms with Gasteiger partial charge in [0.2, 0.25) is 11.7 Å². The number of pyridine rings is 1. The normalized spacial score (nSPS) is 24.4. The molecule has 37 heavy (non-hydrogen) atoms. The van der Waals surface area contributed by atoms with Crippen LogP contribution in [0.2, 0.25) is 0 Å². The van der Waals surface area contributed by atoms with Crippen molar-refractivity contribution < 1.29 is 22.8 Å². The Morgan fingerprint density at radius 3 is 2.38 bits per heavy atom. The van der Waals surface area contributed by atoms with Crippen LogP contribution in [0, 0.1) is 5.41 Å². The molecule has 7 nitrogen and oxygen atoms in total. The van der Waals surface area contributed by atoms with Gasteiger partial charge in [-0.1, -0.05) is 36.3 Å². The van der Waals surface area contributed by atoms with E-state index in [2.05, 4.69) is 20.0 Å². The lowest BCUT2D eigenvalue weighted by molar-refractivity contribution is -0.127. The summed E-state index contributed by atoms with van der Waals surface area (Å²) in [6, 6.07) is 7.64. The Bertz CT molecular complexity index is 1220. The maximum Gasteiger partial charge on any atom is 0.273 e. The van der Waals surface area contributed by atoms with E-state index in [-0.39, 0.29) is 17.5 Å². The number of nitrogens with two attached hydrogens (primary N) is 1. The summed E-state index contributed by atoms with van der Waals surface area (Å²) in [5, 5.41) is 16.5. The molecule has 3 heterocycles. The number of nitrogens with zero attached hydrogens (tertiary/aromatic N) is 4. The zero-order chi connectivity index (χ0) is 26.4. The Balaban J connectivity index is 1.50. The van der Waals surface area contributed by atoms with Crippen LogP contribution < -0.4 is 5.73 Å². The second-order valence-corrected chi connectivity index (χ2v) is 10.8. The summed E-state index contributed by atoms with van der Waals surface area (Å²) < 4.78 is 45.3. The molecule has 0 bridgehead atoms. The minimum absolute atomic E-state index is 0.133. The number of benzene rings is 1. The fraction of sp³-hybridized carbons (Fsp3) is 0.519. The van der Waals surface area contributed by atoms with E-state index < -0.39 is 23.6 Å². The summed E-state index contributed by atoms with van der Waals surface area (Å²) in [6.45, 7) is 3.15. The molecule has 198 valence electrons. The molecule has 0 radical (unpaired) electrons. The fourth-order valence-corrected chi connectivity index (χ4v) is 5.94. The summed E-state index contributed by atoms with van der Waals surface area (Å²) in [4.78, 5) is 11.1. The molecular weight excluding hydrogens is 483 g/mol. The molecule has 0 spiro atoms. The van der Waals surface area contributed by atoms with Gasteiger partial charge in [-0.05, 0) is 49.9 Å². The number of alkyl halides is 3. The van der Waals surface area contributed by atoms with Crippen LogP contribution in [0.4, 0.5) is 13.2 Å². The first-order valence-corrected chi connectivity index (χ1v) is 12.6. The summed E-state index contributed by atoms with van der Waals surface area (Å²) in [7, 11) is 1.95. The van der Waals surface area contributed by atoms with Crippen molar-refractivity contribution in [1.29, 1.82) is 0 Å². The quantitative estimate of drug-likeness (QED) is 0.475. The van der Waals surface area contributed by atoms with Gasteiger partial charge in [-0.2, -0.15) is 4.98 Å². The van der Waals surface area contributed by atoms with Gasteiger partial charge in [-0.15, -0.1) is 0 Å². The number of hydrogen-bond acceptors (Lipinski definition) is 7. The highest BCUT2D eigenvalue weighted by atomic mass is 19.3. The average molecular weight is 516 g/mol. The molecule has 2 unspecified atom stereocenters. The van der Waals surface area contributed by atoms with E-state index >= 15 is 0 Å². The lowest BCUT2D eigenvalue weighted by atomic mass is 9.62. The topological polar surface area (TPSA) is 101 Å². The van der Waals surface area contributed by atoms with E-state index in [1.807, 2.05) is 14.0 Å². The van der Waals surface area contributed by atoms with Crippen LogP contribution in [0.5, 0.6) is 0 Å². The largest absolute Gasteiger partial charge is 0.380 e. The second-order valence-electron chi connectivity index (χ2n) is 10.8. The Morgan fingerprint density at radius 2 is 1.76 bits per heavy atom. The molecule has 2 aliphatic rings. The smallest absolute Gasteiger partial charge is 0.273 e. The number of aromatic nitrogens is 3. The standard InChI is InChI=1S/C27H32F3N5O2/c1-26(14-35(2)15-26)27(36,19-7-3-16(4-8-19)22(28)23(29)30)20-11-18(12-32-13-20)24-33-25(37-34-24)17-5-9-21(31)10-6-17/h3-4,7-8,11-13,17,21-23,36H,5-6,9-10,14-15,31H2,1-2H3. The Labute approximate surface area is 213 Å². The van der Waals surface area contributed by atoms with Crippen LogP contribution in [0.3, 0.4) is 0 Å². The maximum absolute atomic E-state index is 13.9. The summed E-state index contributed by atoms with van der Waals surface area (Å²) in [5.41, 5.74) is 5.33. The van der Waals surface area contributed by atoms with E-state index in [0.717, 1.165) is 25.7 Å². The van der Waals surface area contributed by atoms with Gasteiger partial charge in [-0.3, -0.25) is 4.98 Å². The highest BCUT2D eigenvalue weighted by Gasteiger charge is 2.55. The number of hydrogen-bond donors (Lipinski definition) is 2. The van der Waals surface area contributed by atoms with Gasteiger partial charge >= 0.3 is 0 Å². The Morgan fingerprint density at radius 1 is 1.08 bits per heavy atom. The van der Waals surface area contributed by atoms with Crippen LogP contribution in [-0.2, 0) is 5.60 Å².